The van der Waals surface area contributed by atoms with Crippen molar-refractivity contribution in [2.75, 3.05) is 6.26 Å². The molecule has 0 aliphatic rings. The third kappa shape index (κ3) is 2.83. The van der Waals surface area contributed by atoms with E-state index in [4.69, 9.17) is 0 Å². The summed E-state index contributed by atoms with van der Waals surface area (Å²) in [5.74, 6) is 0.00921. The smallest absolute Gasteiger partial charge is 0.176 e. The van der Waals surface area contributed by atoms with Gasteiger partial charge in [-0.2, -0.15) is 0 Å². The van der Waals surface area contributed by atoms with Crippen molar-refractivity contribution in [2.24, 2.45) is 0 Å². The quantitative estimate of drug-likeness (QED) is 0.526. The lowest BCUT2D eigenvalue weighted by Crippen LogP contribution is -2.13. The maximum absolute atomic E-state index is 11.8. The number of carbonyl (C=O) groups excluding carboxylic acids is 1. The van der Waals surface area contributed by atoms with Gasteiger partial charge in [0.15, 0.2) is 5.78 Å². The van der Waals surface area contributed by atoms with Crippen LogP contribution in [0.4, 0.5) is 0 Å². The molecule has 1 atom stereocenters. The first kappa shape index (κ1) is 12.7. The van der Waals surface area contributed by atoms with Crippen LogP contribution in [0.5, 0.6) is 0 Å². The minimum absolute atomic E-state index is 0.00921. The predicted molar refractivity (Wildman–Crippen MR) is 66.9 cm³/mol. The van der Waals surface area contributed by atoms with Crippen molar-refractivity contribution in [3.63, 3.8) is 0 Å². The van der Waals surface area contributed by atoms with Crippen LogP contribution in [0, 0.1) is 0 Å². The average Bonchev–Trinajstić information content (AvgIpc) is 2.26. The van der Waals surface area contributed by atoms with E-state index in [1.54, 1.807) is 13.0 Å². The van der Waals surface area contributed by atoms with Crippen LogP contribution < -0.4 is 0 Å². The molecule has 0 saturated carbocycles. The Hall–Kier alpha value is -0.320. The maximum Gasteiger partial charge on any atom is 0.176 e. The molecule has 0 aliphatic heterocycles. The Labute approximate surface area is 102 Å². The number of aliphatic hydroxyl groups is 1. The van der Waals surface area contributed by atoms with E-state index in [0.29, 0.717) is 5.56 Å². The molecule has 1 N–H and O–H groups in total. The lowest BCUT2D eigenvalue weighted by atomic mass is 10.0. The number of benzene rings is 1. The Kier molecular flexibility index (Phi) is 4.83. The number of Topliss-reactive ketones (excluding diaryl/α,β-unsaturated/α-hetero) is 1. The summed E-state index contributed by atoms with van der Waals surface area (Å²) in [4.78, 5) is 12.6. The molecule has 0 amide bonds. The molecule has 0 saturated heterocycles. The van der Waals surface area contributed by atoms with Crippen LogP contribution in [0.1, 0.15) is 22.8 Å². The van der Waals surface area contributed by atoms with Gasteiger partial charge in [0, 0.05) is 16.0 Å². The summed E-state index contributed by atoms with van der Waals surface area (Å²) < 4.78 is 0. The largest absolute Gasteiger partial charge is 0.392 e. The summed E-state index contributed by atoms with van der Waals surface area (Å²) in [7, 11) is 0. The molecule has 1 rings (SSSR count). The summed E-state index contributed by atoms with van der Waals surface area (Å²) in [6.07, 6.45) is 1.93. The van der Waals surface area contributed by atoms with Crippen molar-refractivity contribution < 1.29 is 9.90 Å². The van der Waals surface area contributed by atoms with Crippen molar-refractivity contribution in [1.82, 2.24) is 0 Å². The Morgan fingerprint density at radius 1 is 1.60 bits per heavy atom. The van der Waals surface area contributed by atoms with Gasteiger partial charge in [-0.25, -0.2) is 0 Å². The number of aliphatic hydroxyl groups excluding tert-OH is 1. The number of ketones is 1. The first-order chi connectivity index (χ1) is 7.11. The number of halogens is 1. The molecule has 0 fully saturated rings. The second kappa shape index (κ2) is 5.68. The molecule has 2 nitrogen and oxygen atoms in total. The van der Waals surface area contributed by atoms with Crippen molar-refractivity contribution >= 4 is 33.5 Å². The van der Waals surface area contributed by atoms with Gasteiger partial charge in [-0.1, -0.05) is 28.1 Å². The van der Waals surface area contributed by atoms with Crippen LogP contribution in [0.3, 0.4) is 0 Å². The lowest BCUT2D eigenvalue weighted by Gasteiger charge is -2.11. The minimum atomic E-state index is -0.222. The molecule has 4 heteroatoms. The Bertz CT molecular complexity index is 364. The van der Waals surface area contributed by atoms with Gasteiger partial charge in [-0.15, -0.1) is 11.8 Å². The molecule has 82 valence electrons. The predicted octanol–water partition coefficient (Wildman–Crippen LogP) is 2.87. The third-order valence-corrected chi connectivity index (χ3v) is 3.38. The number of carbonyl (C=O) groups is 1. The summed E-state index contributed by atoms with van der Waals surface area (Å²) in [6.45, 7) is 1.69. The monoisotopic (exact) mass is 288 g/mol. The highest BCUT2D eigenvalue weighted by Gasteiger charge is 2.17. The van der Waals surface area contributed by atoms with E-state index < -0.39 is 0 Å². The van der Waals surface area contributed by atoms with E-state index in [2.05, 4.69) is 15.9 Å². The topological polar surface area (TPSA) is 37.3 Å². The van der Waals surface area contributed by atoms with Gasteiger partial charge >= 0.3 is 0 Å². The van der Waals surface area contributed by atoms with Crippen molar-refractivity contribution in [3.8, 4) is 0 Å². The van der Waals surface area contributed by atoms with Gasteiger partial charge in [0.05, 0.1) is 11.4 Å². The number of hydrogen-bond donors (Lipinski definition) is 1. The summed E-state index contributed by atoms with van der Waals surface area (Å²) in [6, 6.07) is 5.50. The van der Waals surface area contributed by atoms with E-state index in [9.17, 15) is 9.90 Å². The summed E-state index contributed by atoms with van der Waals surface area (Å²) >= 11 is 4.78. The SMILES string of the molecule is CSc1cccc(C(=O)C(C)Br)c1CO. The number of rotatable bonds is 4. The highest BCUT2D eigenvalue weighted by molar-refractivity contribution is 9.10. The maximum atomic E-state index is 11.8. The van der Waals surface area contributed by atoms with Crippen LogP contribution in [-0.2, 0) is 6.61 Å². The number of hydrogen-bond acceptors (Lipinski definition) is 3. The van der Waals surface area contributed by atoms with Crippen LogP contribution >= 0.6 is 27.7 Å². The van der Waals surface area contributed by atoms with E-state index >= 15 is 0 Å². The summed E-state index contributed by atoms with van der Waals surface area (Å²) in [5, 5.41) is 9.28. The molecule has 0 aromatic heterocycles. The number of thioether (sulfide) groups is 1. The molecule has 0 bridgehead atoms. The van der Waals surface area contributed by atoms with Crippen molar-refractivity contribution in [3.05, 3.63) is 29.3 Å². The fourth-order valence-corrected chi connectivity index (χ4v) is 2.25. The van der Waals surface area contributed by atoms with E-state index in [0.717, 1.165) is 10.5 Å². The molecular weight excluding hydrogens is 276 g/mol. The molecular formula is C11H13BrO2S. The molecule has 0 spiro atoms. The van der Waals surface area contributed by atoms with Crippen molar-refractivity contribution in [2.45, 2.75) is 23.3 Å². The van der Waals surface area contributed by atoms with Gasteiger partial charge in [-0.05, 0) is 19.2 Å². The van der Waals surface area contributed by atoms with E-state index in [1.165, 1.54) is 11.8 Å². The van der Waals surface area contributed by atoms with Gasteiger partial charge in [-0.3, -0.25) is 4.79 Å². The second-order valence-corrected chi connectivity index (χ2v) is 5.35. The van der Waals surface area contributed by atoms with Gasteiger partial charge in [0.2, 0.25) is 0 Å². The Morgan fingerprint density at radius 3 is 2.73 bits per heavy atom. The van der Waals surface area contributed by atoms with Gasteiger partial charge in [0.25, 0.3) is 0 Å². The standard InChI is InChI=1S/C11H13BrO2S/c1-7(12)11(14)8-4-3-5-10(15-2)9(8)6-13/h3-5,7,13H,6H2,1-2H3. The molecule has 1 aromatic rings. The highest BCUT2D eigenvalue weighted by atomic mass is 79.9. The fourth-order valence-electron chi connectivity index (χ4n) is 1.37. The van der Waals surface area contributed by atoms with E-state index in [1.807, 2.05) is 18.4 Å². The third-order valence-electron chi connectivity index (χ3n) is 2.14. The van der Waals surface area contributed by atoms with E-state index in [-0.39, 0.29) is 17.2 Å². The molecule has 0 heterocycles. The van der Waals surface area contributed by atoms with Crippen LogP contribution in [0.25, 0.3) is 0 Å². The minimum Gasteiger partial charge on any atom is -0.392 e. The first-order valence-corrected chi connectivity index (χ1v) is 6.70. The molecule has 0 radical (unpaired) electrons. The van der Waals surface area contributed by atoms with Crippen LogP contribution in [-0.4, -0.2) is 22.0 Å². The Balaban J connectivity index is 3.23. The molecule has 15 heavy (non-hydrogen) atoms. The highest BCUT2D eigenvalue weighted by Crippen LogP contribution is 2.25. The average molecular weight is 289 g/mol. The van der Waals surface area contributed by atoms with Gasteiger partial charge in [0.1, 0.15) is 0 Å². The van der Waals surface area contributed by atoms with Crippen LogP contribution in [0.15, 0.2) is 23.1 Å². The second-order valence-electron chi connectivity index (χ2n) is 3.12. The fraction of sp³-hybridized carbons (Fsp3) is 0.364. The lowest BCUT2D eigenvalue weighted by molar-refractivity contribution is 0.0992. The zero-order valence-electron chi connectivity index (χ0n) is 8.66. The number of alkyl halides is 1. The Morgan fingerprint density at radius 2 is 2.27 bits per heavy atom. The van der Waals surface area contributed by atoms with Crippen molar-refractivity contribution in [1.29, 1.82) is 0 Å². The summed E-state index contributed by atoms with van der Waals surface area (Å²) in [5.41, 5.74) is 1.33. The zero-order valence-corrected chi connectivity index (χ0v) is 11.1. The molecule has 1 unspecified atom stereocenters. The molecule has 1 aromatic carbocycles. The first-order valence-electron chi connectivity index (χ1n) is 4.56. The zero-order chi connectivity index (χ0) is 11.4. The normalized spacial score (nSPS) is 12.5. The van der Waals surface area contributed by atoms with Gasteiger partial charge < -0.3 is 5.11 Å². The molecule has 0 aliphatic carbocycles. The van der Waals surface area contributed by atoms with Crippen LogP contribution in [0.2, 0.25) is 0 Å².